The van der Waals surface area contributed by atoms with E-state index in [1.807, 2.05) is 18.2 Å². The van der Waals surface area contributed by atoms with Crippen LogP contribution in [0.5, 0.6) is 5.75 Å². The third kappa shape index (κ3) is 5.96. The van der Waals surface area contributed by atoms with Crippen LogP contribution in [-0.4, -0.2) is 47.2 Å². The largest absolute Gasteiger partial charge is 0.496 e. The van der Waals surface area contributed by atoms with E-state index in [4.69, 9.17) is 4.74 Å². The van der Waals surface area contributed by atoms with Gasteiger partial charge >= 0.3 is 6.03 Å². The molecule has 8 nitrogen and oxygen atoms in total. The lowest BCUT2D eigenvalue weighted by Crippen LogP contribution is -2.46. The molecule has 0 atom stereocenters. The maximum absolute atomic E-state index is 12.5. The number of sulfonamides is 1. The van der Waals surface area contributed by atoms with E-state index < -0.39 is 10.0 Å². The zero-order valence-corrected chi connectivity index (χ0v) is 21.0. The molecule has 2 N–H and O–H groups in total. The molecular weight excluding hydrogens is 454 g/mol. The first-order valence-electron chi connectivity index (χ1n) is 11.0. The molecule has 2 aromatic rings. The molecule has 0 spiro atoms. The van der Waals surface area contributed by atoms with Crippen LogP contribution in [0.2, 0.25) is 0 Å². The van der Waals surface area contributed by atoms with Crippen LogP contribution in [0.3, 0.4) is 0 Å². The van der Waals surface area contributed by atoms with Gasteiger partial charge in [0.05, 0.1) is 13.4 Å². The molecule has 2 amide bonds. The standard InChI is InChI=1S/C25H31N3O5S/c1-25(2,3)22-15-21(28-12-6-11-26-24(28)30)14-18(23(22)33-4)8-7-17-9-10-20(13-19(17)16-29)27-34(5,31)32/h7-10,13-16,27H,6,11-12H2,1-5H3,(H,26,30)/b8-7+. The summed E-state index contributed by atoms with van der Waals surface area (Å²) in [5, 5.41) is 2.88. The highest BCUT2D eigenvalue weighted by atomic mass is 32.2. The number of amides is 2. The van der Waals surface area contributed by atoms with E-state index in [0.717, 1.165) is 29.5 Å². The fourth-order valence-corrected chi connectivity index (χ4v) is 4.42. The van der Waals surface area contributed by atoms with E-state index in [1.54, 1.807) is 30.2 Å². The Labute approximate surface area is 201 Å². The summed E-state index contributed by atoms with van der Waals surface area (Å²) in [4.78, 5) is 25.9. The summed E-state index contributed by atoms with van der Waals surface area (Å²) in [6.45, 7) is 7.52. The number of rotatable bonds is 7. The van der Waals surface area contributed by atoms with Gasteiger partial charge in [-0.3, -0.25) is 14.4 Å². The maximum Gasteiger partial charge on any atom is 0.321 e. The second-order valence-electron chi connectivity index (χ2n) is 9.27. The topological polar surface area (TPSA) is 105 Å². The fourth-order valence-electron chi connectivity index (χ4n) is 3.86. The average molecular weight is 486 g/mol. The normalized spacial score (nSPS) is 14.7. The van der Waals surface area contributed by atoms with Gasteiger partial charge in [-0.05, 0) is 41.7 Å². The average Bonchev–Trinajstić information content (AvgIpc) is 2.76. The summed E-state index contributed by atoms with van der Waals surface area (Å²) in [5.41, 5.74) is 3.51. The lowest BCUT2D eigenvalue weighted by Gasteiger charge is -2.31. The molecule has 1 fully saturated rings. The molecule has 9 heteroatoms. The van der Waals surface area contributed by atoms with Crippen LogP contribution in [0.25, 0.3) is 12.2 Å². The van der Waals surface area contributed by atoms with Gasteiger partial charge in [0.2, 0.25) is 10.0 Å². The molecule has 2 aromatic carbocycles. The summed E-state index contributed by atoms with van der Waals surface area (Å²) in [6.07, 6.45) is 6.20. The molecule has 0 unspecified atom stereocenters. The van der Waals surface area contributed by atoms with Crippen molar-refractivity contribution >= 4 is 45.9 Å². The summed E-state index contributed by atoms with van der Waals surface area (Å²) in [7, 11) is -1.85. The van der Waals surface area contributed by atoms with Crippen molar-refractivity contribution in [2.75, 3.05) is 36.1 Å². The van der Waals surface area contributed by atoms with Gasteiger partial charge in [-0.25, -0.2) is 13.2 Å². The molecule has 34 heavy (non-hydrogen) atoms. The molecule has 0 aromatic heterocycles. The van der Waals surface area contributed by atoms with Crippen LogP contribution < -0.4 is 19.7 Å². The molecule has 1 aliphatic heterocycles. The zero-order valence-electron chi connectivity index (χ0n) is 20.1. The Morgan fingerprint density at radius 2 is 1.79 bits per heavy atom. The van der Waals surface area contributed by atoms with Crippen LogP contribution in [0, 0.1) is 0 Å². The summed E-state index contributed by atoms with van der Waals surface area (Å²) < 4.78 is 31.2. The lowest BCUT2D eigenvalue weighted by atomic mass is 9.84. The maximum atomic E-state index is 12.5. The van der Waals surface area contributed by atoms with E-state index in [1.165, 1.54) is 6.07 Å². The Balaban J connectivity index is 2.08. The molecule has 0 radical (unpaired) electrons. The van der Waals surface area contributed by atoms with Gasteiger partial charge in [0, 0.05) is 41.2 Å². The Bertz CT molecular complexity index is 1230. The molecule has 1 saturated heterocycles. The van der Waals surface area contributed by atoms with E-state index in [0.29, 0.717) is 41.9 Å². The Morgan fingerprint density at radius 1 is 1.09 bits per heavy atom. The number of benzene rings is 2. The number of carbonyl (C=O) groups excluding carboxylic acids is 2. The first-order chi connectivity index (χ1) is 15.9. The smallest absolute Gasteiger partial charge is 0.321 e. The van der Waals surface area contributed by atoms with Gasteiger partial charge in [-0.15, -0.1) is 0 Å². The molecule has 1 aliphatic rings. The number of carbonyl (C=O) groups is 2. The molecule has 0 aliphatic carbocycles. The number of ether oxygens (including phenoxy) is 1. The third-order valence-electron chi connectivity index (χ3n) is 5.47. The van der Waals surface area contributed by atoms with Crippen LogP contribution in [-0.2, 0) is 15.4 Å². The first-order valence-corrected chi connectivity index (χ1v) is 12.8. The molecule has 1 heterocycles. The molecule has 0 saturated carbocycles. The van der Waals surface area contributed by atoms with Crippen LogP contribution in [0.4, 0.5) is 16.2 Å². The quantitative estimate of drug-likeness (QED) is 0.450. The van der Waals surface area contributed by atoms with Crippen molar-refractivity contribution in [1.82, 2.24) is 5.32 Å². The molecular formula is C25H31N3O5S. The molecule has 182 valence electrons. The number of nitrogens with zero attached hydrogens (tertiary/aromatic N) is 1. The van der Waals surface area contributed by atoms with Crippen molar-refractivity contribution in [3.8, 4) is 5.75 Å². The fraction of sp³-hybridized carbons (Fsp3) is 0.360. The van der Waals surface area contributed by atoms with E-state index >= 15 is 0 Å². The highest BCUT2D eigenvalue weighted by molar-refractivity contribution is 7.92. The predicted molar refractivity (Wildman–Crippen MR) is 136 cm³/mol. The van der Waals surface area contributed by atoms with Crippen LogP contribution in [0.15, 0.2) is 30.3 Å². The van der Waals surface area contributed by atoms with Crippen molar-refractivity contribution < 1.29 is 22.7 Å². The number of aldehydes is 1. The molecule has 0 bridgehead atoms. The number of hydrogen-bond acceptors (Lipinski definition) is 5. The lowest BCUT2D eigenvalue weighted by molar-refractivity contribution is 0.112. The van der Waals surface area contributed by atoms with Crippen molar-refractivity contribution in [2.45, 2.75) is 32.6 Å². The summed E-state index contributed by atoms with van der Waals surface area (Å²) in [6, 6.07) is 8.51. The van der Waals surface area contributed by atoms with Crippen molar-refractivity contribution in [2.24, 2.45) is 0 Å². The van der Waals surface area contributed by atoms with E-state index in [2.05, 4.69) is 30.8 Å². The predicted octanol–water partition coefficient (Wildman–Crippen LogP) is 4.27. The zero-order chi connectivity index (χ0) is 25.1. The third-order valence-corrected chi connectivity index (χ3v) is 6.07. The number of urea groups is 1. The van der Waals surface area contributed by atoms with Gasteiger partial charge in [-0.2, -0.15) is 0 Å². The van der Waals surface area contributed by atoms with Crippen LogP contribution in [0.1, 0.15) is 54.2 Å². The minimum absolute atomic E-state index is 0.136. The van der Waals surface area contributed by atoms with Crippen molar-refractivity contribution in [1.29, 1.82) is 0 Å². The Morgan fingerprint density at radius 3 is 2.38 bits per heavy atom. The first kappa shape index (κ1) is 25.3. The minimum atomic E-state index is -3.46. The van der Waals surface area contributed by atoms with E-state index in [-0.39, 0.29) is 11.4 Å². The van der Waals surface area contributed by atoms with Crippen molar-refractivity contribution in [3.63, 3.8) is 0 Å². The summed E-state index contributed by atoms with van der Waals surface area (Å²) >= 11 is 0. The minimum Gasteiger partial charge on any atom is -0.496 e. The highest BCUT2D eigenvalue weighted by Gasteiger charge is 2.26. The van der Waals surface area contributed by atoms with Gasteiger partial charge < -0.3 is 10.1 Å². The van der Waals surface area contributed by atoms with Crippen LogP contribution >= 0.6 is 0 Å². The SMILES string of the molecule is COc1c(/C=C/c2ccc(NS(C)(=O)=O)cc2C=O)cc(N2CCCNC2=O)cc1C(C)(C)C. The number of methoxy groups -OCH3 is 1. The number of hydrogen-bond donors (Lipinski definition) is 2. The van der Waals surface area contributed by atoms with Gasteiger partial charge in [-0.1, -0.05) is 39.0 Å². The Kier molecular flexibility index (Phi) is 7.35. The monoisotopic (exact) mass is 485 g/mol. The second kappa shape index (κ2) is 9.89. The number of anilines is 2. The summed E-state index contributed by atoms with van der Waals surface area (Å²) in [5.74, 6) is 0.688. The van der Waals surface area contributed by atoms with Crippen molar-refractivity contribution in [3.05, 3.63) is 52.6 Å². The van der Waals surface area contributed by atoms with Gasteiger partial charge in [0.1, 0.15) is 5.75 Å². The molecule has 3 rings (SSSR count). The number of nitrogens with one attached hydrogen (secondary N) is 2. The van der Waals surface area contributed by atoms with Gasteiger partial charge in [0.15, 0.2) is 6.29 Å². The highest BCUT2D eigenvalue weighted by Crippen LogP contribution is 2.39. The Hall–Kier alpha value is -3.33. The second-order valence-corrected chi connectivity index (χ2v) is 11.0. The van der Waals surface area contributed by atoms with E-state index in [9.17, 15) is 18.0 Å². The van der Waals surface area contributed by atoms with Gasteiger partial charge in [0.25, 0.3) is 0 Å².